The lowest BCUT2D eigenvalue weighted by Gasteiger charge is -2.18. The number of nitrogens with one attached hydrogen (secondary N) is 1. The SMILES string of the molecule is NNC(c1cccnc1)c1ccc(F)c(F)c1Br. The van der Waals surface area contributed by atoms with E-state index in [2.05, 4.69) is 26.3 Å². The van der Waals surface area contributed by atoms with Crippen LogP contribution < -0.4 is 11.3 Å². The summed E-state index contributed by atoms with van der Waals surface area (Å²) in [5.74, 6) is 3.64. The average molecular weight is 314 g/mol. The van der Waals surface area contributed by atoms with Gasteiger partial charge >= 0.3 is 0 Å². The van der Waals surface area contributed by atoms with Gasteiger partial charge in [0.1, 0.15) is 0 Å². The van der Waals surface area contributed by atoms with Gasteiger partial charge in [0.2, 0.25) is 0 Å². The van der Waals surface area contributed by atoms with Crippen molar-refractivity contribution in [2.45, 2.75) is 6.04 Å². The number of aromatic nitrogens is 1. The van der Waals surface area contributed by atoms with E-state index < -0.39 is 17.7 Å². The molecule has 0 bridgehead atoms. The van der Waals surface area contributed by atoms with Gasteiger partial charge < -0.3 is 0 Å². The van der Waals surface area contributed by atoms with Crippen LogP contribution in [0.1, 0.15) is 17.2 Å². The minimum absolute atomic E-state index is 0.0503. The first-order valence-electron chi connectivity index (χ1n) is 5.14. The molecule has 2 rings (SSSR count). The first-order chi connectivity index (χ1) is 8.65. The molecule has 0 radical (unpaired) electrons. The smallest absolute Gasteiger partial charge is 0.173 e. The van der Waals surface area contributed by atoms with E-state index >= 15 is 0 Å². The van der Waals surface area contributed by atoms with Gasteiger partial charge in [-0.2, -0.15) is 0 Å². The van der Waals surface area contributed by atoms with Crippen LogP contribution in [0, 0.1) is 11.6 Å². The molecular formula is C12H10BrF2N3. The Morgan fingerprint density at radius 3 is 2.67 bits per heavy atom. The maximum Gasteiger partial charge on any atom is 0.173 e. The van der Waals surface area contributed by atoms with E-state index in [0.29, 0.717) is 5.56 Å². The van der Waals surface area contributed by atoms with Crippen molar-refractivity contribution in [1.82, 2.24) is 10.4 Å². The zero-order valence-corrected chi connectivity index (χ0v) is 10.8. The maximum atomic E-state index is 13.5. The number of rotatable bonds is 3. The number of hydrogen-bond acceptors (Lipinski definition) is 3. The second-order valence-electron chi connectivity index (χ2n) is 3.65. The molecule has 18 heavy (non-hydrogen) atoms. The lowest BCUT2D eigenvalue weighted by molar-refractivity contribution is 0.498. The van der Waals surface area contributed by atoms with Gasteiger partial charge in [-0.25, -0.2) is 14.2 Å². The van der Waals surface area contributed by atoms with Crippen molar-refractivity contribution in [2.24, 2.45) is 5.84 Å². The van der Waals surface area contributed by atoms with Crippen molar-refractivity contribution < 1.29 is 8.78 Å². The number of nitrogens with two attached hydrogens (primary N) is 1. The maximum absolute atomic E-state index is 13.5. The largest absolute Gasteiger partial charge is 0.271 e. The van der Waals surface area contributed by atoms with E-state index in [1.165, 1.54) is 6.07 Å². The van der Waals surface area contributed by atoms with Crippen molar-refractivity contribution in [3.05, 3.63) is 63.9 Å². The first kappa shape index (κ1) is 13.1. The molecule has 0 saturated carbocycles. The Morgan fingerprint density at radius 1 is 1.28 bits per heavy atom. The second-order valence-corrected chi connectivity index (χ2v) is 4.44. The molecule has 6 heteroatoms. The highest BCUT2D eigenvalue weighted by atomic mass is 79.9. The van der Waals surface area contributed by atoms with E-state index in [1.807, 2.05) is 0 Å². The molecule has 3 N–H and O–H groups in total. The van der Waals surface area contributed by atoms with Crippen LogP contribution in [0.2, 0.25) is 0 Å². The van der Waals surface area contributed by atoms with E-state index in [-0.39, 0.29) is 4.47 Å². The van der Waals surface area contributed by atoms with Crippen molar-refractivity contribution >= 4 is 15.9 Å². The Kier molecular flexibility index (Phi) is 4.00. The van der Waals surface area contributed by atoms with Gasteiger partial charge in [0.15, 0.2) is 11.6 Å². The van der Waals surface area contributed by atoms with Crippen LogP contribution in [0.15, 0.2) is 41.1 Å². The van der Waals surface area contributed by atoms with Crippen LogP contribution in [0.25, 0.3) is 0 Å². The standard InChI is InChI=1S/C12H10BrF2N3/c13-10-8(3-4-9(14)11(10)15)12(18-16)7-2-1-5-17-6-7/h1-6,12,18H,16H2. The van der Waals surface area contributed by atoms with Crippen LogP contribution in [0.5, 0.6) is 0 Å². The molecule has 1 aromatic carbocycles. The Hall–Kier alpha value is -1.37. The van der Waals surface area contributed by atoms with Crippen LogP contribution in [0.4, 0.5) is 8.78 Å². The van der Waals surface area contributed by atoms with Gasteiger partial charge in [-0.3, -0.25) is 10.8 Å². The molecule has 0 fully saturated rings. The van der Waals surface area contributed by atoms with Crippen molar-refractivity contribution in [3.8, 4) is 0 Å². The monoisotopic (exact) mass is 313 g/mol. The van der Waals surface area contributed by atoms with E-state index in [4.69, 9.17) is 5.84 Å². The fraction of sp³-hybridized carbons (Fsp3) is 0.0833. The predicted octanol–water partition coefficient (Wildman–Crippen LogP) is 2.68. The zero-order valence-electron chi connectivity index (χ0n) is 9.20. The predicted molar refractivity (Wildman–Crippen MR) is 67.5 cm³/mol. The highest BCUT2D eigenvalue weighted by molar-refractivity contribution is 9.10. The Labute approximate surface area is 111 Å². The number of benzene rings is 1. The van der Waals surface area contributed by atoms with Gasteiger partial charge in [-0.1, -0.05) is 12.1 Å². The third kappa shape index (κ3) is 2.40. The van der Waals surface area contributed by atoms with Gasteiger partial charge in [-0.05, 0) is 39.2 Å². The van der Waals surface area contributed by atoms with Crippen molar-refractivity contribution in [1.29, 1.82) is 0 Å². The molecule has 94 valence electrons. The Morgan fingerprint density at radius 2 is 2.06 bits per heavy atom. The van der Waals surface area contributed by atoms with Crippen LogP contribution in [0.3, 0.4) is 0 Å². The lowest BCUT2D eigenvalue weighted by atomic mass is 10.0. The summed E-state index contributed by atoms with van der Waals surface area (Å²) in [5, 5.41) is 0. The highest BCUT2D eigenvalue weighted by Crippen LogP contribution is 2.30. The second kappa shape index (κ2) is 5.51. The molecule has 1 atom stereocenters. The van der Waals surface area contributed by atoms with Crippen molar-refractivity contribution in [2.75, 3.05) is 0 Å². The van der Waals surface area contributed by atoms with Gasteiger partial charge in [0.25, 0.3) is 0 Å². The summed E-state index contributed by atoms with van der Waals surface area (Å²) >= 11 is 3.04. The van der Waals surface area contributed by atoms with Crippen LogP contribution in [-0.4, -0.2) is 4.98 Å². The first-order valence-corrected chi connectivity index (χ1v) is 5.94. The van der Waals surface area contributed by atoms with E-state index in [9.17, 15) is 8.78 Å². The summed E-state index contributed by atoms with van der Waals surface area (Å²) in [6.45, 7) is 0. The minimum Gasteiger partial charge on any atom is -0.271 e. The fourth-order valence-corrected chi connectivity index (χ4v) is 2.23. The third-order valence-electron chi connectivity index (χ3n) is 2.56. The summed E-state index contributed by atoms with van der Waals surface area (Å²) in [4.78, 5) is 3.97. The summed E-state index contributed by atoms with van der Waals surface area (Å²) in [5.41, 5.74) is 3.82. The van der Waals surface area contributed by atoms with E-state index in [1.54, 1.807) is 24.5 Å². The molecule has 2 aromatic rings. The quantitative estimate of drug-likeness (QED) is 0.520. The van der Waals surface area contributed by atoms with Gasteiger partial charge in [0, 0.05) is 12.4 Å². The fourth-order valence-electron chi connectivity index (χ4n) is 1.68. The molecular weight excluding hydrogens is 304 g/mol. The molecule has 3 nitrogen and oxygen atoms in total. The Bertz CT molecular complexity index is 549. The normalized spacial score (nSPS) is 12.4. The molecule has 0 amide bonds. The highest BCUT2D eigenvalue weighted by Gasteiger charge is 2.19. The number of hydrogen-bond donors (Lipinski definition) is 2. The van der Waals surface area contributed by atoms with Crippen molar-refractivity contribution in [3.63, 3.8) is 0 Å². The summed E-state index contributed by atoms with van der Waals surface area (Å²) in [7, 11) is 0. The minimum atomic E-state index is -0.934. The zero-order chi connectivity index (χ0) is 13.1. The third-order valence-corrected chi connectivity index (χ3v) is 3.37. The molecule has 0 aliphatic heterocycles. The number of halogens is 3. The molecule has 0 aliphatic carbocycles. The van der Waals surface area contributed by atoms with Crippen LogP contribution in [-0.2, 0) is 0 Å². The summed E-state index contributed by atoms with van der Waals surface area (Å²) in [6.07, 6.45) is 3.23. The number of hydrazine groups is 1. The van der Waals surface area contributed by atoms with Gasteiger partial charge in [-0.15, -0.1) is 0 Å². The van der Waals surface area contributed by atoms with Gasteiger partial charge in [0.05, 0.1) is 10.5 Å². The van der Waals surface area contributed by atoms with E-state index in [0.717, 1.165) is 11.6 Å². The number of nitrogens with zero attached hydrogens (tertiary/aromatic N) is 1. The molecule has 0 aliphatic rings. The summed E-state index contributed by atoms with van der Waals surface area (Å²) in [6, 6.07) is 5.61. The van der Waals surface area contributed by atoms with Crippen LogP contribution >= 0.6 is 15.9 Å². The topological polar surface area (TPSA) is 50.9 Å². The summed E-state index contributed by atoms with van der Waals surface area (Å²) < 4.78 is 26.6. The molecule has 0 saturated heterocycles. The Balaban J connectivity index is 2.50. The molecule has 1 unspecified atom stereocenters. The average Bonchev–Trinajstić information content (AvgIpc) is 2.41. The molecule has 1 aromatic heterocycles. The number of pyridine rings is 1. The molecule has 0 spiro atoms. The molecule has 1 heterocycles. The lowest BCUT2D eigenvalue weighted by Crippen LogP contribution is -2.29.